The smallest absolute Gasteiger partial charge is 0.390 e. The van der Waals surface area contributed by atoms with Gasteiger partial charge in [0.15, 0.2) is 5.88 Å². The van der Waals surface area contributed by atoms with Gasteiger partial charge in [0.25, 0.3) is 0 Å². The van der Waals surface area contributed by atoms with Crippen LogP contribution in [0.1, 0.15) is 0 Å². The van der Waals surface area contributed by atoms with Crippen molar-refractivity contribution in [1.29, 1.82) is 0 Å². The lowest BCUT2D eigenvalue weighted by molar-refractivity contribution is -0.396. The van der Waals surface area contributed by atoms with E-state index < -0.39 is 26.8 Å². The van der Waals surface area contributed by atoms with Crippen molar-refractivity contribution in [2.75, 3.05) is 26.3 Å². The van der Waals surface area contributed by atoms with Gasteiger partial charge in [-0.25, -0.2) is 13.0 Å². The van der Waals surface area contributed by atoms with E-state index in [0.717, 1.165) is 4.57 Å². The molecular weight excluding hydrogens is 264 g/mol. The molecule has 2 rings (SSSR count). The molecule has 0 N–H and O–H groups in total. The highest BCUT2D eigenvalue weighted by Gasteiger charge is 2.28. The standard InChI is InChI=1S/C8H12N4O5S/c13-12(14)8-9-1-2-10(8)7-18(15,16)11-3-5-17-6-4-11/h1-2H,3-7H2. The van der Waals surface area contributed by atoms with Crippen LogP contribution in [0.5, 0.6) is 0 Å². The molecule has 0 saturated carbocycles. The first kappa shape index (κ1) is 12.9. The average molecular weight is 276 g/mol. The van der Waals surface area contributed by atoms with E-state index in [-0.39, 0.29) is 13.1 Å². The fourth-order valence-electron chi connectivity index (χ4n) is 1.66. The number of morpholine rings is 1. The van der Waals surface area contributed by atoms with E-state index in [4.69, 9.17) is 4.74 Å². The molecule has 100 valence electrons. The van der Waals surface area contributed by atoms with E-state index in [1.54, 1.807) is 0 Å². The van der Waals surface area contributed by atoms with Crippen molar-refractivity contribution in [3.63, 3.8) is 0 Å². The Hall–Kier alpha value is -1.52. The first-order valence-electron chi connectivity index (χ1n) is 5.22. The van der Waals surface area contributed by atoms with Gasteiger partial charge in [-0.05, 0) is 4.92 Å². The number of nitrogens with zero attached hydrogens (tertiary/aromatic N) is 4. The van der Waals surface area contributed by atoms with Crippen LogP contribution in [0.4, 0.5) is 5.95 Å². The Balaban J connectivity index is 2.16. The number of nitro groups is 1. The van der Waals surface area contributed by atoms with Gasteiger partial charge in [0.2, 0.25) is 10.0 Å². The quantitative estimate of drug-likeness (QED) is 0.537. The Morgan fingerprint density at radius 3 is 2.72 bits per heavy atom. The van der Waals surface area contributed by atoms with E-state index in [9.17, 15) is 18.5 Å². The van der Waals surface area contributed by atoms with Crippen molar-refractivity contribution in [1.82, 2.24) is 13.9 Å². The van der Waals surface area contributed by atoms with Crippen LogP contribution in [0.25, 0.3) is 0 Å². The predicted octanol–water partition coefficient (Wildman–Crippen LogP) is -0.589. The SMILES string of the molecule is O=[N+]([O-])c1nccn1CS(=O)(=O)N1CCOCC1. The van der Waals surface area contributed by atoms with Gasteiger partial charge in [-0.15, -0.1) is 0 Å². The number of aromatic nitrogens is 2. The zero-order valence-corrected chi connectivity index (χ0v) is 10.2. The Morgan fingerprint density at radius 2 is 2.11 bits per heavy atom. The second kappa shape index (κ2) is 5.00. The molecule has 1 fully saturated rings. The molecule has 0 unspecified atom stereocenters. The van der Waals surface area contributed by atoms with Crippen molar-refractivity contribution < 1.29 is 18.1 Å². The molecule has 0 spiro atoms. The lowest BCUT2D eigenvalue weighted by Crippen LogP contribution is -2.42. The van der Waals surface area contributed by atoms with E-state index >= 15 is 0 Å². The zero-order valence-electron chi connectivity index (χ0n) is 9.43. The molecule has 0 atom stereocenters. The average Bonchev–Trinajstić information content (AvgIpc) is 2.78. The maximum atomic E-state index is 12.0. The molecule has 0 aliphatic carbocycles. The minimum atomic E-state index is -3.59. The van der Waals surface area contributed by atoms with Crippen LogP contribution in [0.3, 0.4) is 0 Å². The van der Waals surface area contributed by atoms with Crippen LogP contribution in [-0.4, -0.2) is 53.5 Å². The van der Waals surface area contributed by atoms with Crippen molar-refractivity contribution >= 4 is 16.0 Å². The first-order valence-corrected chi connectivity index (χ1v) is 6.83. The molecule has 0 aromatic carbocycles. The minimum Gasteiger partial charge on any atom is -0.390 e. The third kappa shape index (κ3) is 2.66. The van der Waals surface area contributed by atoms with Crippen LogP contribution in [-0.2, 0) is 20.6 Å². The number of sulfonamides is 1. The highest BCUT2D eigenvalue weighted by atomic mass is 32.2. The Kier molecular flexibility index (Phi) is 3.59. The third-order valence-electron chi connectivity index (χ3n) is 2.52. The first-order chi connectivity index (χ1) is 8.50. The second-order valence-corrected chi connectivity index (χ2v) is 5.64. The number of hydrogen-bond donors (Lipinski definition) is 0. The summed E-state index contributed by atoms with van der Waals surface area (Å²) in [5.74, 6) is -0.963. The van der Waals surface area contributed by atoms with Gasteiger partial charge in [-0.3, -0.25) is 0 Å². The molecule has 1 aliphatic rings. The predicted molar refractivity (Wildman–Crippen MR) is 60.2 cm³/mol. The summed E-state index contributed by atoms with van der Waals surface area (Å²) >= 11 is 0. The summed E-state index contributed by atoms with van der Waals surface area (Å²) in [5, 5.41) is 10.6. The van der Waals surface area contributed by atoms with Crippen LogP contribution in [0, 0.1) is 10.1 Å². The monoisotopic (exact) mass is 276 g/mol. The Labute approximate surface area is 103 Å². The molecular formula is C8H12N4O5S. The van der Waals surface area contributed by atoms with Crippen LogP contribution >= 0.6 is 0 Å². The normalized spacial score (nSPS) is 17.8. The van der Waals surface area contributed by atoms with Crippen LogP contribution < -0.4 is 0 Å². The van der Waals surface area contributed by atoms with E-state index in [2.05, 4.69) is 4.98 Å². The summed E-state index contributed by atoms with van der Waals surface area (Å²) in [4.78, 5) is 13.4. The van der Waals surface area contributed by atoms with Gasteiger partial charge in [0.05, 0.1) is 13.2 Å². The summed E-state index contributed by atoms with van der Waals surface area (Å²) in [6.45, 7) is 1.21. The molecule has 1 aliphatic heterocycles. The molecule has 0 amide bonds. The topological polar surface area (TPSA) is 108 Å². The maximum Gasteiger partial charge on any atom is 0.435 e. The van der Waals surface area contributed by atoms with Crippen LogP contribution in [0.2, 0.25) is 0 Å². The van der Waals surface area contributed by atoms with Gasteiger partial charge in [-0.2, -0.15) is 4.31 Å². The summed E-state index contributed by atoms with van der Waals surface area (Å²) in [7, 11) is -3.59. The highest BCUT2D eigenvalue weighted by Crippen LogP contribution is 2.13. The Bertz CT molecular complexity index is 533. The summed E-state index contributed by atoms with van der Waals surface area (Å²) in [6, 6.07) is 0. The van der Waals surface area contributed by atoms with Crippen molar-refractivity contribution in [3.05, 3.63) is 22.5 Å². The lowest BCUT2D eigenvalue weighted by Gasteiger charge is -2.25. The molecule has 1 aromatic heterocycles. The van der Waals surface area contributed by atoms with Crippen molar-refractivity contribution in [3.8, 4) is 0 Å². The van der Waals surface area contributed by atoms with Gasteiger partial charge in [0, 0.05) is 13.1 Å². The highest BCUT2D eigenvalue weighted by molar-refractivity contribution is 7.88. The third-order valence-corrected chi connectivity index (χ3v) is 4.28. The number of ether oxygens (including phenoxy) is 1. The number of imidazole rings is 1. The summed E-state index contributed by atoms with van der Waals surface area (Å²) in [6.07, 6.45) is 2.48. The number of rotatable bonds is 4. The fraction of sp³-hybridized carbons (Fsp3) is 0.625. The van der Waals surface area contributed by atoms with Gasteiger partial charge in [0.1, 0.15) is 12.4 Å². The van der Waals surface area contributed by atoms with E-state index in [1.165, 1.54) is 16.7 Å². The van der Waals surface area contributed by atoms with Gasteiger partial charge >= 0.3 is 5.95 Å². The molecule has 0 radical (unpaired) electrons. The zero-order chi connectivity index (χ0) is 13.2. The number of hydrogen-bond acceptors (Lipinski definition) is 6. The minimum absolute atomic E-state index is 0.269. The molecule has 1 aromatic rings. The van der Waals surface area contributed by atoms with E-state index in [0.29, 0.717) is 13.2 Å². The van der Waals surface area contributed by atoms with Crippen LogP contribution in [0.15, 0.2) is 12.4 Å². The molecule has 18 heavy (non-hydrogen) atoms. The Morgan fingerprint density at radius 1 is 1.44 bits per heavy atom. The van der Waals surface area contributed by atoms with E-state index in [1.807, 2.05) is 0 Å². The fourth-order valence-corrected chi connectivity index (χ4v) is 3.08. The molecule has 2 heterocycles. The second-order valence-electron chi connectivity index (χ2n) is 3.71. The van der Waals surface area contributed by atoms with Crippen molar-refractivity contribution in [2.24, 2.45) is 0 Å². The summed E-state index contributed by atoms with van der Waals surface area (Å²) < 4.78 is 31.4. The lowest BCUT2D eigenvalue weighted by atomic mass is 10.5. The maximum absolute atomic E-state index is 12.0. The van der Waals surface area contributed by atoms with Gasteiger partial charge < -0.3 is 14.9 Å². The van der Waals surface area contributed by atoms with Crippen molar-refractivity contribution in [2.45, 2.75) is 5.88 Å². The molecule has 0 bridgehead atoms. The summed E-state index contributed by atoms with van der Waals surface area (Å²) in [5.41, 5.74) is 0. The largest absolute Gasteiger partial charge is 0.435 e. The van der Waals surface area contributed by atoms with Gasteiger partial charge in [-0.1, -0.05) is 4.98 Å². The molecule has 1 saturated heterocycles. The molecule has 10 heteroatoms. The molecule has 9 nitrogen and oxygen atoms in total.